The van der Waals surface area contributed by atoms with Crippen LogP contribution < -0.4 is 0 Å². The zero-order valence-corrected chi connectivity index (χ0v) is 6.38. The Morgan fingerprint density at radius 2 is 2.08 bits per heavy atom. The van der Waals surface area contributed by atoms with E-state index in [2.05, 4.69) is 5.16 Å². The van der Waals surface area contributed by atoms with Gasteiger partial charge in [0.25, 0.3) is 0 Å². The molecule has 1 rings (SSSR count). The Hall–Kier alpha value is -1.45. The summed E-state index contributed by atoms with van der Waals surface area (Å²) >= 11 is 0. The second-order valence-corrected chi connectivity index (χ2v) is 2.31. The molecule has 0 saturated carbocycles. The monoisotopic (exact) mass is 171 g/mol. The molecular weight excluding hydrogens is 164 g/mol. The molecular formula is C8H7F2NO. The minimum Gasteiger partial charge on any atom is -0.411 e. The van der Waals surface area contributed by atoms with Gasteiger partial charge in [-0.1, -0.05) is 5.16 Å². The Bertz CT molecular complexity index is 323. The molecule has 0 bridgehead atoms. The summed E-state index contributed by atoms with van der Waals surface area (Å²) in [5.74, 6) is -1.17. The van der Waals surface area contributed by atoms with Crippen LogP contribution in [0.3, 0.4) is 0 Å². The van der Waals surface area contributed by atoms with Crippen molar-refractivity contribution in [2.24, 2.45) is 5.16 Å². The number of oxime groups is 1. The van der Waals surface area contributed by atoms with Crippen molar-refractivity contribution >= 4 is 5.71 Å². The first-order chi connectivity index (χ1) is 5.65. The summed E-state index contributed by atoms with van der Waals surface area (Å²) in [6.07, 6.45) is 0. The Morgan fingerprint density at radius 1 is 1.42 bits per heavy atom. The fraction of sp³-hybridized carbons (Fsp3) is 0.125. The predicted molar refractivity (Wildman–Crippen MR) is 40.4 cm³/mol. The maximum Gasteiger partial charge on any atom is 0.132 e. The van der Waals surface area contributed by atoms with Gasteiger partial charge in [-0.3, -0.25) is 0 Å². The highest BCUT2D eigenvalue weighted by molar-refractivity contribution is 5.98. The molecule has 0 aliphatic heterocycles. The Kier molecular flexibility index (Phi) is 2.38. The van der Waals surface area contributed by atoms with Crippen LogP contribution in [0.1, 0.15) is 12.5 Å². The zero-order valence-electron chi connectivity index (χ0n) is 6.38. The largest absolute Gasteiger partial charge is 0.411 e. The molecule has 0 aromatic heterocycles. The van der Waals surface area contributed by atoms with Crippen molar-refractivity contribution in [1.29, 1.82) is 0 Å². The molecule has 2 nitrogen and oxygen atoms in total. The van der Waals surface area contributed by atoms with E-state index in [1.165, 1.54) is 6.92 Å². The first kappa shape index (κ1) is 8.64. The van der Waals surface area contributed by atoms with Crippen LogP contribution >= 0.6 is 0 Å². The number of hydrogen-bond acceptors (Lipinski definition) is 2. The molecule has 0 unspecified atom stereocenters. The second-order valence-electron chi connectivity index (χ2n) is 2.31. The third kappa shape index (κ3) is 1.58. The molecule has 64 valence electrons. The van der Waals surface area contributed by atoms with Crippen LogP contribution in [0.15, 0.2) is 23.4 Å². The minimum absolute atomic E-state index is 0.0301. The lowest BCUT2D eigenvalue weighted by molar-refractivity contribution is 0.319. The summed E-state index contributed by atoms with van der Waals surface area (Å²) in [7, 11) is 0. The Morgan fingerprint density at radius 3 is 2.67 bits per heavy atom. The molecule has 1 aromatic carbocycles. The molecule has 4 heteroatoms. The smallest absolute Gasteiger partial charge is 0.132 e. The molecule has 0 spiro atoms. The van der Waals surface area contributed by atoms with E-state index in [0.717, 1.165) is 18.2 Å². The molecule has 0 aliphatic carbocycles. The average Bonchev–Trinajstić information content (AvgIpc) is 2.08. The van der Waals surface area contributed by atoms with Crippen molar-refractivity contribution in [3.8, 4) is 0 Å². The van der Waals surface area contributed by atoms with Crippen LogP contribution in [0.2, 0.25) is 0 Å². The third-order valence-electron chi connectivity index (χ3n) is 1.47. The fourth-order valence-corrected chi connectivity index (χ4v) is 0.829. The molecule has 1 aromatic rings. The van der Waals surface area contributed by atoms with Gasteiger partial charge in [0, 0.05) is 5.56 Å². The lowest BCUT2D eigenvalue weighted by Crippen LogP contribution is -1.99. The van der Waals surface area contributed by atoms with Gasteiger partial charge in [-0.25, -0.2) is 8.78 Å². The first-order valence-electron chi connectivity index (χ1n) is 3.29. The molecule has 0 radical (unpaired) electrons. The van der Waals surface area contributed by atoms with Crippen molar-refractivity contribution in [2.75, 3.05) is 0 Å². The minimum atomic E-state index is -0.605. The lowest BCUT2D eigenvalue weighted by Gasteiger charge is -1.99. The number of rotatable bonds is 1. The summed E-state index contributed by atoms with van der Waals surface area (Å²) in [5, 5.41) is 11.1. The van der Waals surface area contributed by atoms with Gasteiger partial charge in [0.15, 0.2) is 0 Å². The third-order valence-corrected chi connectivity index (χ3v) is 1.47. The Labute approximate surface area is 68.1 Å². The number of benzene rings is 1. The van der Waals surface area contributed by atoms with Gasteiger partial charge in [0.2, 0.25) is 0 Å². The van der Waals surface area contributed by atoms with Crippen LogP contribution in [0.4, 0.5) is 8.78 Å². The maximum absolute atomic E-state index is 12.8. The van der Waals surface area contributed by atoms with Crippen molar-refractivity contribution in [1.82, 2.24) is 0 Å². The van der Waals surface area contributed by atoms with Crippen LogP contribution in [-0.2, 0) is 0 Å². The van der Waals surface area contributed by atoms with Crippen LogP contribution in [0, 0.1) is 11.6 Å². The van der Waals surface area contributed by atoms with Gasteiger partial charge in [-0.15, -0.1) is 0 Å². The molecule has 1 N–H and O–H groups in total. The van der Waals surface area contributed by atoms with Gasteiger partial charge in [0.1, 0.15) is 11.6 Å². The fourth-order valence-electron chi connectivity index (χ4n) is 0.829. The van der Waals surface area contributed by atoms with E-state index >= 15 is 0 Å². The summed E-state index contributed by atoms with van der Waals surface area (Å²) in [4.78, 5) is 0. The Balaban J connectivity index is 3.23. The topological polar surface area (TPSA) is 32.6 Å². The predicted octanol–water partition coefficient (Wildman–Crippen LogP) is 2.16. The highest BCUT2D eigenvalue weighted by atomic mass is 19.1. The molecule has 0 atom stereocenters. The van der Waals surface area contributed by atoms with Crippen LogP contribution in [-0.4, -0.2) is 10.9 Å². The number of halogens is 2. The lowest BCUT2D eigenvalue weighted by atomic mass is 10.1. The highest BCUT2D eigenvalue weighted by Crippen LogP contribution is 2.10. The maximum atomic E-state index is 12.8. The molecule has 12 heavy (non-hydrogen) atoms. The summed E-state index contributed by atoms with van der Waals surface area (Å²) in [6.45, 7) is 1.39. The van der Waals surface area contributed by atoms with E-state index in [1.807, 2.05) is 0 Å². The molecule has 0 heterocycles. The van der Waals surface area contributed by atoms with Gasteiger partial charge >= 0.3 is 0 Å². The van der Waals surface area contributed by atoms with Crippen molar-refractivity contribution < 1.29 is 14.0 Å². The van der Waals surface area contributed by atoms with Gasteiger partial charge in [-0.05, 0) is 25.1 Å². The normalized spacial score (nSPS) is 11.8. The van der Waals surface area contributed by atoms with Gasteiger partial charge < -0.3 is 5.21 Å². The van der Waals surface area contributed by atoms with Gasteiger partial charge in [0.05, 0.1) is 5.71 Å². The highest BCUT2D eigenvalue weighted by Gasteiger charge is 2.06. The molecule has 0 saturated heterocycles. The van der Waals surface area contributed by atoms with Crippen molar-refractivity contribution in [2.45, 2.75) is 6.92 Å². The SMILES string of the molecule is CC(=NO)c1cc(F)ccc1F. The summed E-state index contributed by atoms with van der Waals surface area (Å²) in [6, 6.07) is 2.97. The van der Waals surface area contributed by atoms with E-state index in [9.17, 15) is 8.78 Å². The molecule has 0 fully saturated rings. The number of nitrogens with zero attached hydrogens (tertiary/aromatic N) is 1. The van der Waals surface area contributed by atoms with Gasteiger partial charge in [-0.2, -0.15) is 0 Å². The van der Waals surface area contributed by atoms with Crippen molar-refractivity contribution in [3.63, 3.8) is 0 Å². The summed E-state index contributed by atoms with van der Waals surface area (Å²) in [5.41, 5.74) is 0.0181. The van der Waals surface area contributed by atoms with E-state index in [-0.39, 0.29) is 11.3 Å². The summed E-state index contributed by atoms with van der Waals surface area (Å²) < 4.78 is 25.4. The number of hydrogen-bond donors (Lipinski definition) is 1. The standard InChI is InChI=1S/C8H7F2NO/c1-5(11-12)7-4-6(9)2-3-8(7)10/h2-4,12H,1H3. The first-order valence-corrected chi connectivity index (χ1v) is 3.29. The second kappa shape index (κ2) is 3.30. The zero-order chi connectivity index (χ0) is 9.14. The van der Waals surface area contributed by atoms with E-state index in [0.29, 0.717) is 0 Å². The van der Waals surface area contributed by atoms with E-state index < -0.39 is 11.6 Å². The van der Waals surface area contributed by atoms with E-state index in [4.69, 9.17) is 5.21 Å². The molecule has 0 amide bonds. The van der Waals surface area contributed by atoms with Crippen LogP contribution in [0.25, 0.3) is 0 Å². The average molecular weight is 171 g/mol. The van der Waals surface area contributed by atoms with Crippen LogP contribution in [0.5, 0.6) is 0 Å². The van der Waals surface area contributed by atoms with Crippen molar-refractivity contribution in [3.05, 3.63) is 35.4 Å². The quantitative estimate of drug-likeness (QED) is 0.392. The molecule has 0 aliphatic rings. The van der Waals surface area contributed by atoms with E-state index in [1.54, 1.807) is 0 Å².